The Morgan fingerprint density at radius 1 is 1.00 bits per heavy atom. The molecule has 0 aliphatic rings. The number of hydrogen-bond acceptors (Lipinski definition) is 6. The summed E-state index contributed by atoms with van der Waals surface area (Å²) in [6, 6.07) is 0. The van der Waals surface area contributed by atoms with E-state index < -0.39 is 0 Å². The summed E-state index contributed by atoms with van der Waals surface area (Å²) in [5.41, 5.74) is 24.7. The zero-order valence-electron chi connectivity index (χ0n) is 11.1. The summed E-state index contributed by atoms with van der Waals surface area (Å²) >= 11 is 0. The zero-order valence-corrected chi connectivity index (χ0v) is 11.1. The molecule has 6 heteroatoms. The Morgan fingerprint density at radius 2 is 1.44 bits per heavy atom. The SMILES string of the molecule is C=Nc1c(N)c(N)c(OCC(C)(C)C)c(N)c1N. The van der Waals surface area contributed by atoms with Gasteiger partial charge in [0.2, 0.25) is 0 Å². The van der Waals surface area contributed by atoms with Crippen LogP contribution in [0.15, 0.2) is 4.99 Å². The standard InChI is InChI=1S/C12H21N5O/c1-12(2,3)5-18-11-8(15)6(13)10(17-4)7(14)9(11)16/h4-5,13-16H2,1-3H3. The lowest BCUT2D eigenvalue weighted by molar-refractivity contribution is 0.200. The Morgan fingerprint density at radius 3 is 1.78 bits per heavy atom. The van der Waals surface area contributed by atoms with Gasteiger partial charge in [-0.15, -0.1) is 0 Å². The summed E-state index contributed by atoms with van der Waals surface area (Å²) < 4.78 is 5.62. The average Bonchev–Trinajstić information content (AvgIpc) is 2.26. The van der Waals surface area contributed by atoms with Crippen molar-refractivity contribution in [3.8, 4) is 5.75 Å². The number of nitrogens with two attached hydrogens (primary N) is 4. The molecule has 1 aromatic carbocycles. The van der Waals surface area contributed by atoms with E-state index in [-0.39, 0.29) is 28.2 Å². The second-order valence-corrected chi connectivity index (χ2v) is 5.34. The van der Waals surface area contributed by atoms with Crippen molar-refractivity contribution in [2.45, 2.75) is 20.8 Å². The van der Waals surface area contributed by atoms with E-state index in [2.05, 4.69) is 11.7 Å². The second kappa shape index (κ2) is 4.64. The third kappa shape index (κ3) is 2.58. The molecule has 0 aliphatic carbocycles. The molecule has 0 amide bonds. The van der Waals surface area contributed by atoms with Crippen LogP contribution in [0.5, 0.6) is 5.75 Å². The molecule has 0 fully saturated rings. The Balaban J connectivity index is 3.25. The molecule has 1 aromatic rings. The summed E-state index contributed by atoms with van der Waals surface area (Å²) in [4.78, 5) is 3.73. The van der Waals surface area contributed by atoms with Crippen LogP contribution in [-0.4, -0.2) is 13.3 Å². The topological polar surface area (TPSA) is 126 Å². The Hall–Kier alpha value is -2.11. The van der Waals surface area contributed by atoms with Crippen molar-refractivity contribution < 1.29 is 4.74 Å². The Bertz CT molecular complexity index is 447. The third-order valence-electron chi connectivity index (χ3n) is 2.39. The Labute approximate surface area is 107 Å². The number of benzene rings is 1. The Kier molecular flexibility index (Phi) is 3.59. The van der Waals surface area contributed by atoms with E-state index in [9.17, 15) is 0 Å². The summed E-state index contributed by atoms with van der Waals surface area (Å²) in [7, 11) is 0. The number of anilines is 4. The van der Waals surface area contributed by atoms with Crippen LogP contribution in [0.1, 0.15) is 20.8 Å². The van der Waals surface area contributed by atoms with Crippen molar-refractivity contribution in [2.75, 3.05) is 29.5 Å². The van der Waals surface area contributed by atoms with Crippen LogP contribution in [0.25, 0.3) is 0 Å². The molecule has 100 valence electrons. The normalized spacial score (nSPS) is 11.3. The molecule has 0 saturated heterocycles. The van der Waals surface area contributed by atoms with Gasteiger partial charge in [-0.1, -0.05) is 20.8 Å². The number of nitrogens with zero attached hydrogens (tertiary/aromatic N) is 1. The molecule has 0 aliphatic heterocycles. The fraction of sp³-hybridized carbons (Fsp3) is 0.417. The van der Waals surface area contributed by atoms with Gasteiger partial charge < -0.3 is 27.7 Å². The summed E-state index contributed by atoms with van der Waals surface area (Å²) in [6.07, 6.45) is 0. The van der Waals surface area contributed by atoms with Gasteiger partial charge in [0, 0.05) is 0 Å². The van der Waals surface area contributed by atoms with E-state index in [1.807, 2.05) is 20.8 Å². The quantitative estimate of drug-likeness (QED) is 0.481. The van der Waals surface area contributed by atoms with Crippen molar-refractivity contribution in [3.63, 3.8) is 0 Å². The van der Waals surface area contributed by atoms with E-state index in [4.69, 9.17) is 27.7 Å². The highest BCUT2D eigenvalue weighted by molar-refractivity contribution is 5.98. The lowest BCUT2D eigenvalue weighted by Gasteiger charge is -2.22. The molecule has 0 radical (unpaired) electrons. The van der Waals surface area contributed by atoms with E-state index in [1.165, 1.54) is 0 Å². The average molecular weight is 251 g/mol. The minimum Gasteiger partial charge on any atom is -0.489 e. The highest BCUT2D eigenvalue weighted by Crippen LogP contribution is 2.46. The van der Waals surface area contributed by atoms with Gasteiger partial charge in [-0.05, 0) is 12.1 Å². The fourth-order valence-corrected chi connectivity index (χ4v) is 1.40. The van der Waals surface area contributed by atoms with Gasteiger partial charge >= 0.3 is 0 Å². The van der Waals surface area contributed by atoms with Crippen molar-refractivity contribution in [3.05, 3.63) is 0 Å². The molecule has 0 spiro atoms. The number of nitrogen functional groups attached to an aromatic ring is 4. The van der Waals surface area contributed by atoms with Gasteiger partial charge in [-0.3, -0.25) is 4.99 Å². The minimum absolute atomic E-state index is 0.0300. The number of ether oxygens (including phenoxy) is 1. The second-order valence-electron chi connectivity index (χ2n) is 5.34. The molecule has 0 aromatic heterocycles. The molecule has 0 atom stereocenters. The minimum atomic E-state index is -0.0300. The smallest absolute Gasteiger partial charge is 0.169 e. The van der Waals surface area contributed by atoms with E-state index >= 15 is 0 Å². The summed E-state index contributed by atoms with van der Waals surface area (Å²) in [5, 5.41) is 0. The van der Waals surface area contributed by atoms with Crippen LogP contribution in [-0.2, 0) is 0 Å². The fourth-order valence-electron chi connectivity index (χ4n) is 1.40. The molecule has 0 bridgehead atoms. The molecule has 8 N–H and O–H groups in total. The van der Waals surface area contributed by atoms with Crippen LogP contribution in [0.4, 0.5) is 28.4 Å². The first-order valence-electron chi connectivity index (χ1n) is 5.54. The third-order valence-corrected chi connectivity index (χ3v) is 2.39. The van der Waals surface area contributed by atoms with E-state index in [1.54, 1.807) is 0 Å². The first-order chi connectivity index (χ1) is 8.19. The zero-order chi connectivity index (χ0) is 14.1. The van der Waals surface area contributed by atoms with Crippen LogP contribution in [0.3, 0.4) is 0 Å². The van der Waals surface area contributed by atoms with Gasteiger partial charge in [0.15, 0.2) is 5.75 Å². The van der Waals surface area contributed by atoms with Gasteiger partial charge in [0.05, 0.1) is 18.0 Å². The lowest BCUT2D eigenvalue weighted by Crippen LogP contribution is -2.18. The van der Waals surface area contributed by atoms with Crippen LogP contribution in [0.2, 0.25) is 0 Å². The number of hydrogen-bond donors (Lipinski definition) is 4. The predicted octanol–water partition coefficient (Wildman–Crippen LogP) is 1.77. The summed E-state index contributed by atoms with van der Waals surface area (Å²) in [6.45, 7) is 9.93. The number of aliphatic imine (C=N–C) groups is 1. The first-order valence-corrected chi connectivity index (χ1v) is 5.54. The van der Waals surface area contributed by atoms with E-state index in [0.717, 1.165) is 0 Å². The van der Waals surface area contributed by atoms with Gasteiger partial charge in [-0.2, -0.15) is 0 Å². The largest absolute Gasteiger partial charge is 0.489 e. The molecule has 0 unspecified atom stereocenters. The lowest BCUT2D eigenvalue weighted by atomic mass is 9.98. The molecule has 1 rings (SSSR count). The van der Waals surface area contributed by atoms with Gasteiger partial charge in [-0.25, -0.2) is 0 Å². The van der Waals surface area contributed by atoms with E-state index in [0.29, 0.717) is 18.0 Å². The van der Waals surface area contributed by atoms with Gasteiger partial charge in [0.25, 0.3) is 0 Å². The molecule has 0 saturated carbocycles. The highest BCUT2D eigenvalue weighted by Gasteiger charge is 2.20. The van der Waals surface area contributed by atoms with Crippen LogP contribution < -0.4 is 27.7 Å². The summed E-state index contributed by atoms with van der Waals surface area (Å²) in [5.74, 6) is 0.312. The molecule has 6 nitrogen and oxygen atoms in total. The van der Waals surface area contributed by atoms with Gasteiger partial charge in [0.1, 0.15) is 17.1 Å². The molecule has 18 heavy (non-hydrogen) atoms. The van der Waals surface area contributed by atoms with Crippen molar-refractivity contribution >= 4 is 35.2 Å². The maximum absolute atomic E-state index is 5.88. The highest BCUT2D eigenvalue weighted by atomic mass is 16.5. The van der Waals surface area contributed by atoms with Crippen LogP contribution in [0, 0.1) is 5.41 Å². The first kappa shape index (κ1) is 14.0. The van der Waals surface area contributed by atoms with Crippen molar-refractivity contribution in [1.29, 1.82) is 0 Å². The maximum Gasteiger partial charge on any atom is 0.169 e. The monoisotopic (exact) mass is 251 g/mol. The van der Waals surface area contributed by atoms with Crippen LogP contribution >= 0.6 is 0 Å². The predicted molar refractivity (Wildman–Crippen MR) is 78.3 cm³/mol. The van der Waals surface area contributed by atoms with Crippen molar-refractivity contribution in [2.24, 2.45) is 10.4 Å². The molecular formula is C12H21N5O. The molecule has 0 heterocycles. The molecular weight excluding hydrogens is 230 g/mol. The number of rotatable bonds is 3. The maximum atomic E-state index is 5.88. The van der Waals surface area contributed by atoms with Crippen molar-refractivity contribution in [1.82, 2.24) is 0 Å².